The molecule has 0 radical (unpaired) electrons. The summed E-state index contributed by atoms with van der Waals surface area (Å²) in [5.41, 5.74) is 1.90. The van der Waals surface area contributed by atoms with Crippen LogP contribution in [0.1, 0.15) is 21.7 Å². The maximum atomic E-state index is 10.8. The summed E-state index contributed by atoms with van der Waals surface area (Å²) in [6.07, 6.45) is 0.864. The Bertz CT molecular complexity index is 540. The van der Waals surface area contributed by atoms with Gasteiger partial charge in [-0.2, -0.15) is 11.3 Å². The molecule has 0 aromatic carbocycles. The van der Waals surface area contributed by atoms with Crippen LogP contribution in [-0.4, -0.2) is 27.6 Å². The zero-order chi connectivity index (χ0) is 13.0. The number of hydrogen-bond acceptors (Lipinski definition) is 5. The summed E-state index contributed by atoms with van der Waals surface area (Å²) in [6.45, 7) is 2.43. The normalized spacial score (nSPS) is 10.3. The lowest BCUT2D eigenvalue weighted by Gasteiger charge is -2.05. The number of hydrogen-bond donors (Lipinski definition) is 2. The van der Waals surface area contributed by atoms with Crippen LogP contribution in [0.2, 0.25) is 0 Å². The van der Waals surface area contributed by atoms with Crippen molar-refractivity contribution in [3.05, 3.63) is 39.8 Å². The van der Waals surface area contributed by atoms with Gasteiger partial charge in [0.2, 0.25) is 5.95 Å². The molecule has 0 fully saturated rings. The Hall–Kier alpha value is -1.95. The van der Waals surface area contributed by atoms with Crippen LogP contribution in [0.4, 0.5) is 5.95 Å². The van der Waals surface area contributed by atoms with E-state index in [1.165, 1.54) is 11.6 Å². The van der Waals surface area contributed by atoms with Gasteiger partial charge in [0.25, 0.3) is 0 Å². The molecule has 0 spiro atoms. The van der Waals surface area contributed by atoms with E-state index in [4.69, 9.17) is 5.11 Å². The van der Waals surface area contributed by atoms with Crippen LogP contribution in [0.15, 0.2) is 22.9 Å². The average molecular weight is 263 g/mol. The molecule has 0 aliphatic heterocycles. The molecule has 2 aromatic heterocycles. The maximum Gasteiger partial charge on any atom is 0.354 e. The van der Waals surface area contributed by atoms with Crippen molar-refractivity contribution in [3.8, 4) is 0 Å². The van der Waals surface area contributed by atoms with Crippen LogP contribution in [0.25, 0.3) is 0 Å². The highest BCUT2D eigenvalue weighted by Gasteiger charge is 2.08. The first-order valence-electron chi connectivity index (χ1n) is 5.49. The molecule has 2 aromatic rings. The summed E-state index contributed by atoms with van der Waals surface area (Å²) in [4.78, 5) is 18.9. The number of anilines is 1. The van der Waals surface area contributed by atoms with Gasteiger partial charge in [0.05, 0.1) is 0 Å². The molecule has 5 nitrogen and oxygen atoms in total. The molecule has 2 N–H and O–H groups in total. The van der Waals surface area contributed by atoms with Crippen LogP contribution < -0.4 is 5.32 Å². The number of aryl methyl sites for hydroxylation is 1. The lowest BCUT2D eigenvalue weighted by atomic mass is 10.2. The number of aromatic nitrogens is 2. The average Bonchev–Trinajstić information content (AvgIpc) is 2.81. The number of thiophene rings is 1. The maximum absolute atomic E-state index is 10.8. The molecular weight excluding hydrogens is 250 g/mol. The standard InChI is InChI=1S/C12H13N3O2S/c1-8-6-10(11(16)17)15-12(14-8)13-4-2-9-3-5-18-7-9/h3,5-7H,2,4H2,1H3,(H,16,17)(H,13,14,15). The van der Waals surface area contributed by atoms with E-state index in [2.05, 4.69) is 26.7 Å². The molecular formula is C12H13N3O2S. The van der Waals surface area contributed by atoms with E-state index >= 15 is 0 Å². The van der Waals surface area contributed by atoms with Crippen LogP contribution in [0.5, 0.6) is 0 Å². The van der Waals surface area contributed by atoms with Crippen molar-refractivity contribution in [2.45, 2.75) is 13.3 Å². The number of nitrogens with zero attached hydrogens (tertiary/aromatic N) is 2. The van der Waals surface area contributed by atoms with Gasteiger partial charge in [0, 0.05) is 12.2 Å². The first-order valence-corrected chi connectivity index (χ1v) is 6.43. The van der Waals surface area contributed by atoms with E-state index in [0.29, 0.717) is 18.2 Å². The Kier molecular flexibility index (Phi) is 3.88. The first-order chi connectivity index (χ1) is 8.65. The minimum absolute atomic E-state index is 0.0144. The molecule has 0 amide bonds. The monoisotopic (exact) mass is 263 g/mol. The number of carboxylic acids is 1. The van der Waals surface area contributed by atoms with Crippen LogP contribution in [-0.2, 0) is 6.42 Å². The quantitative estimate of drug-likeness (QED) is 0.865. The van der Waals surface area contributed by atoms with Crippen molar-refractivity contribution in [1.29, 1.82) is 0 Å². The van der Waals surface area contributed by atoms with E-state index in [9.17, 15) is 4.79 Å². The van der Waals surface area contributed by atoms with Gasteiger partial charge in [0.1, 0.15) is 0 Å². The third-order valence-electron chi connectivity index (χ3n) is 2.35. The summed E-state index contributed by atoms with van der Waals surface area (Å²) >= 11 is 1.66. The molecule has 0 saturated heterocycles. The lowest BCUT2D eigenvalue weighted by molar-refractivity contribution is 0.0690. The van der Waals surface area contributed by atoms with Gasteiger partial charge in [0.15, 0.2) is 5.69 Å². The molecule has 0 unspecified atom stereocenters. The van der Waals surface area contributed by atoms with Crippen molar-refractivity contribution < 1.29 is 9.90 Å². The largest absolute Gasteiger partial charge is 0.477 e. The van der Waals surface area contributed by atoms with E-state index in [0.717, 1.165) is 6.42 Å². The number of aromatic carboxylic acids is 1. The fraction of sp³-hybridized carbons (Fsp3) is 0.250. The number of rotatable bonds is 5. The SMILES string of the molecule is Cc1cc(C(=O)O)nc(NCCc2ccsc2)n1. The summed E-state index contributed by atoms with van der Waals surface area (Å²) in [7, 11) is 0. The Morgan fingerprint density at radius 3 is 3.00 bits per heavy atom. The van der Waals surface area contributed by atoms with Crippen molar-refractivity contribution in [2.24, 2.45) is 0 Å². The molecule has 0 saturated carbocycles. The van der Waals surface area contributed by atoms with Crippen LogP contribution in [0, 0.1) is 6.92 Å². The van der Waals surface area contributed by atoms with E-state index in [1.807, 2.05) is 5.38 Å². The highest BCUT2D eigenvalue weighted by atomic mass is 32.1. The zero-order valence-corrected chi connectivity index (χ0v) is 10.7. The second-order valence-corrected chi connectivity index (χ2v) is 4.61. The Balaban J connectivity index is 1.98. The molecule has 0 bridgehead atoms. The minimum atomic E-state index is -1.04. The lowest BCUT2D eigenvalue weighted by Crippen LogP contribution is -2.11. The molecule has 6 heteroatoms. The predicted molar refractivity (Wildman–Crippen MR) is 70.2 cm³/mol. The summed E-state index contributed by atoms with van der Waals surface area (Å²) in [6, 6.07) is 3.51. The fourth-order valence-electron chi connectivity index (χ4n) is 1.51. The van der Waals surface area contributed by atoms with Gasteiger partial charge >= 0.3 is 5.97 Å². The Morgan fingerprint density at radius 1 is 1.50 bits per heavy atom. The van der Waals surface area contributed by atoms with Crippen LogP contribution in [0.3, 0.4) is 0 Å². The Labute approximate surface area is 109 Å². The molecule has 2 rings (SSSR count). The van der Waals surface area contributed by atoms with E-state index in [1.54, 1.807) is 18.3 Å². The van der Waals surface area contributed by atoms with Gasteiger partial charge in [-0.15, -0.1) is 0 Å². The topological polar surface area (TPSA) is 75.1 Å². The van der Waals surface area contributed by atoms with Gasteiger partial charge in [-0.05, 0) is 41.8 Å². The predicted octanol–water partition coefficient (Wildman–Crippen LogP) is 2.20. The molecule has 18 heavy (non-hydrogen) atoms. The second-order valence-electron chi connectivity index (χ2n) is 3.83. The van der Waals surface area contributed by atoms with E-state index < -0.39 is 5.97 Å². The number of carboxylic acid groups (broad SMARTS) is 1. The van der Waals surface area contributed by atoms with Crippen molar-refractivity contribution in [2.75, 3.05) is 11.9 Å². The van der Waals surface area contributed by atoms with Crippen molar-refractivity contribution >= 4 is 23.3 Å². The minimum Gasteiger partial charge on any atom is -0.477 e. The molecule has 0 atom stereocenters. The second kappa shape index (κ2) is 5.59. The highest BCUT2D eigenvalue weighted by molar-refractivity contribution is 7.07. The van der Waals surface area contributed by atoms with Gasteiger partial charge in [-0.25, -0.2) is 14.8 Å². The van der Waals surface area contributed by atoms with E-state index in [-0.39, 0.29) is 5.69 Å². The van der Waals surface area contributed by atoms with Crippen molar-refractivity contribution in [1.82, 2.24) is 9.97 Å². The summed E-state index contributed by atoms with van der Waals surface area (Å²) in [5, 5.41) is 16.0. The third-order valence-corrected chi connectivity index (χ3v) is 3.08. The first kappa shape index (κ1) is 12.5. The number of nitrogens with one attached hydrogen (secondary N) is 1. The fourth-order valence-corrected chi connectivity index (χ4v) is 2.21. The third kappa shape index (κ3) is 3.27. The molecule has 0 aliphatic carbocycles. The summed E-state index contributed by atoms with van der Waals surface area (Å²) < 4.78 is 0. The van der Waals surface area contributed by atoms with Gasteiger partial charge < -0.3 is 10.4 Å². The van der Waals surface area contributed by atoms with Crippen LogP contribution >= 0.6 is 11.3 Å². The number of carbonyl (C=O) groups is 1. The smallest absolute Gasteiger partial charge is 0.354 e. The van der Waals surface area contributed by atoms with Gasteiger partial charge in [-0.3, -0.25) is 0 Å². The van der Waals surface area contributed by atoms with Crippen molar-refractivity contribution in [3.63, 3.8) is 0 Å². The highest BCUT2D eigenvalue weighted by Crippen LogP contribution is 2.08. The molecule has 94 valence electrons. The van der Waals surface area contributed by atoms with Gasteiger partial charge in [-0.1, -0.05) is 0 Å². The Morgan fingerprint density at radius 2 is 2.33 bits per heavy atom. The zero-order valence-electron chi connectivity index (χ0n) is 9.88. The summed E-state index contributed by atoms with van der Waals surface area (Å²) in [5.74, 6) is -0.677. The molecule has 0 aliphatic rings. The molecule has 2 heterocycles.